The summed E-state index contributed by atoms with van der Waals surface area (Å²) in [5, 5.41) is 11.1. The van der Waals surface area contributed by atoms with E-state index in [-0.39, 0.29) is 6.42 Å². The highest BCUT2D eigenvalue weighted by Gasteiger charge is 2.30. The van der Waals surface area contributed by atoms with Crippen LogP contribution in [-0.2, 0) is 9.59 Å². The Hall–Kier alpha value is -1.54. The third-order valence-corrected chi connectivity index (χ3v) is 2.21. The van der Waals surface area contributed by atoms with Crippen molar-refractivity contribution in [3.05, 3.63) is 0 Å². The summed E-state index contributed by atoms with van der Waals surface area (Å²) in [4.78, 5) is 22.4. The van der Waals surface area contributed by atoms with E-state index < -0.39 is 23.5 Å². The standard InChI is InChI=1S/C11H18N2O3/c1-4-6-8(9(14)15)13-10(16)11(3,12)7-5-2/h1,8H,5-7,12H2,2-3H3,(H,13,16)(H,14,15). The van der Waals surface area contributed by atoms with Gasteiger partial charge in [-0.2, -0.15) is 0 Å². The Bertz CT molecular complexity index is 305. The van der Waals surface area contributed by atoms with Gasteiger partial charge in [-0.3, -0.25) is 4.79 Å². The number of carboxylic acids is 1. The van der Waals surface area contributed by atoms with E-state index in [0.717, 1.165) is 6.42 Å². The molecule has 5 heteroatoms. The number of nitrogens with two attached hydrogens (primary N) is 1. The van der Waals surface area contributed by atoms with E-state index in [1.807, 2.05) is 6.92 Å². The van der Waals surface area contributed by atoms with Crippen molar-refractivity contribution in [3.63, 3.8) is 0 Å². The molecular formula is C11H18N2O3. The van der Waals surface area contributed by atoms with Crippen LogP contribution in [0.4, 0.5) is 0 Å². The van der Waals surface area contributed by atoms with Crippen LogP contribution in [0.2, 0.25) is 0 Å². The second kappa shape index (κ2) is 6.13. The largest absolute Gasteiger partial charge is 0.480 e. The summed E-state index contributed by atoms with van der Waals surface area (Å²) >= 11 is 0. The van der Waals surface area contributed by atoms with Crippen LogP contribution >= 0.6 is 0 Å². The first-order chi connectivity index (χ1) is 7.35. The molecule has 16 heavy (non-hydrogen) atoms. The topological polar surface area (TPSA) is 92.4 Å². The molecular weight excluding hydrogens is 208 g/mol. The molecule has 0 aliphatic heterocycles. The van der Waals surface area contributed by atoms with Crippen molar-refractivity contribution >= 4 is 11.9 Å². The first-order valence-electron chi connectivity index (χ1n) is 5.11. The SMILES string of the molecule is C#CCC(NC(=O)C(C)(N)CCC)C(=O)O. The molecule has 0 spiro atoms. The number of nitrogens with one attached hydrogen (secondary N) is 1. The number of hydrogen-bond donors (Lipinski definition) is 3. The molecule has 90 valence electrons. The summed E-state index contributed by atoms with van der Waals surface area (Å²) in [5.74, 6) is 0.559. The predicted octanol–water partition coefficient (Wildman–Crippen LogP) is 0.0966. The summed E-state index contributed by atoms with van der Waals surface area (Å²) in [6.07, 6.45) is 6.19. The molecule has 0 aromatic heterocycles. The van der Waals surface area contributed by atoms with Crippen LogP contribution in [-0.4, -0.2) is 28.6 Å². The van der Waals surface area contributed by atoms with Crippen LogP contribution in [0, 0.1) is 12.3 Å². The van der Waals surface area contributed by atoms with Crippen LogP contribution < -0.4 is 11.1 Å². The zero-order valence-corrected chi connectivity index (χ0v) is 9.62. The molecule has 4 N–H and O–H groups in total. The van der Waals surface area contributed by atoms with Gasteiger partial charge in [0.05, 0.1) is 5.54 Å². The van der Waals surface area contributed by atoms with Crippen LogP contribution in [0.25, 0.3) is 0 Å². The highest BCUT2D eigenvalue weighted by Crippen LogP contribution is 2.09. The molecule has 0 aromatic carbocycles. The maximum absolute atomic E-state index is 11.7. The number of terminal acetylenes is 1. The van der Waals surface area contributed by atoms with Gasteiger partial charge in [-0.1, -0.05) is 13.3 Å². The van der Waals surface area contributed by atoms with Crippen LogP contribution in [0.5, 0.6) is 0 Å². The van der Waals surface area contributed by atoms with Gasteiger partial charge in [-0.05, 0) is 13.3 Å². The van der Waals surface area contributed by atoms with Gasteiger partial charge in [0.15, 0.2) is 0 Å². The molecule has 0 fully saturated rings. The number of carbonyl (C=O) groups is 2. The van der Waals surface area contributed by atoms with Gasteiger partial charge in [0.1, 0.15) is 6.04 Å². The van der Waals surface area contributed by atoms with E-state index in [1.54, 1.807) is 6.92 Å². The summed E-state index contributed by atoms with van der Waals surface area (Å²) in [6, 6.07) is -1.07. The first-order valence-corrected chi connectivity index (χ1v) is 5.11. The van der Waals surface area contributed by atoms with Gasteiger partial charge in [-0.15, -0.1) is 12.3 Å². The third-order valence-electron chi connectivity index (χ3n) is 2.21. The molecule has 0 rings (SSSR count). The fourth-order valence-corrected chi connectivity index (χ4v) is 1.27. The van der Waals surface area contributed by atoms with Crippen molar-refractivity contribution in [1.82, 2.24) is 5.32 Å². The Kier molecular flexibility index (Phi) is 5.54. The Morgan fingerprint density at radius 1 is 1.62 bits per heavy atom. The number of hydrogen-bond acceptors (Lipinski definition) is 3. The second-order valence-electron chi connectivity index (χ2n) is 3.94. The summed E-state index contributed by atoms with van der Waals surface area (Å²) < 4.78 is 0. The lowest BCUT2D eigenvalue weighted by atomic mass is 9.96. The van der Waals surface area contributed by atoms with Crippen molar-refractivity contribution in [2.24, 2.45) is 5.73 Å². The van der Waals surface area contributed by atoms with Crippen LogP contribution in [0.15, 0.2) is 0 Å². The number of carboxylic acid groups (broad SMARTS) is 1. The van der Waals surface area contributed by atoms with Crippen molar-refractivity contribution in [3.8, 4) is 12.3 Å². The average molecular weight is 226 g/mol. The monoisotopic (exact) mass is 226 g/mol. The minimum Gasteiger partial charge on any atom is -0.480 e. The van der Waals surface area contributed by atoms with E-state index in [0.29, 0.717) is 6.42 Å². The molecule has 0 aliphatic carbocycles. The smallest absolute Gasteiger partial charge is 0.327 e. The number of aliphatic carboxylic acids is 1. The van der Waals surface area contributed by atoms with E-state index in [2.05, 4.69) is 11.2 Å². The normalized spacial score (nSPS) is 15.6. The lowest BCUT2D eigenvalue weighted by Gasteiger charge is -2.24. The van der Waals surface area contributed by atoms with Gasteiger partial charge < -0.3 is 16.2 Å². The molecule has 0 aliphatic rings. The molecule has 1 amide bonds. The Morgan fingerprint density at radius 3 is 2.56 bits per heavy atom. The molecule has 2 unspecified atom stereocenters. The lowest BCUT2D eigenvalue weighted by Crippen LogP contribution is -2.55. The van der Waals surface area contributed by atoms with Crippen LogP contribution in [0.1, 0.15) is 33.1 Å². The lowest BCUT2D eigenvalue weighted by molar-refractivity contribution is -0.142. The third kappa shape index (κ3) is 4.32. The van der Waals surface area contributed by atoms with E-state index in [1.165, 1.54) is 0 Å². The zero-order valence-electron chi connectivity index (χ0n) is 9.62. The van der Waals surface area contributed by atoms with Crippen molar-refractivity contribution in [2.75, 3.05) is 0 Å². The Morgan fingerprint density at radius 2 is 2.19 bits per heavy atom. The van der Waals surface area contributed by atoms with Crippen molar-refractivity contribution < 1.29 is 14.7 Å². The van der Waals surface area contributed by atoms with Gasteiger partial charge in [-0.25, -0.2) is 4.79 Å². The molecule has 0 bridgehead atoms. The highest BCUT2D eigenvalue weighted by atomic mass is 16.4. The Balaban J connectivity index is 4.52. The molecule has 2 atom stereocenters. The molecule has 5 nitrogen and oxygen atoms in total. The Labute approximate surface area is 95.4 Å². The van der Waals surface area contributed by atoms with E-state index >= 15 is 0 Å². The maximum atomic E-state index is 11.7. The number of amides is 1. The number of rotatable bonds is 6. The predicted molar refractivity (Wildman–Crippen MR) is 60.5 cm³/mol. The quantitative estimate of drug-likeness (QED) is 0.560. The fraction of sp³-hybridized carbons (Fsp3) is 0.636. The molecule has 0 saturated carbocycles. The first kappa shape index (κ1) is 14.5. The minimum atomic E-state index is -1.15. The van der Waals surface area contributed by atoms with Gasteiger partial charge in [0.2, 0.25) is 5.91 Å². The summed E-state index contributed by atoms with van der Waals surface area (Å²) in [6.45, 7) is 3.47. The fourth-order valence-electron chi connectivity index (χ4n) is 1.27. The van der Waals surface area contributed by atoms with Crippen LogP contribution in [0.3, 0.4) is 0 Å². The van der Waals surface area contributed by atoms with E-state index in [9.17, 15) is 9.59 Å². The van der Waals surface area contributed by atoms with Gasteiger partial charge >= 0.3 is 5.97 Å². The molecule has 0 aromatic rings. The number of carbonyl (C=O) groups excluding carboxylic acids is 1. The van der Waals surface area contributed by atoms with Gasteiger partial charge in [0, 0.05) is 6.42 Å². The maximum Gasteiger partial charge on any atom is 0.327 e. The second-order valence-corrected chi connectivity index (χ2v) is 3.94. The summed E-state index contributed by atoms with van der Waals surface area (Å²) in [7, 11) is 0. The molecule has 0 radical (unpaired) electrons. The molecule has 0 heterocycles. The highest BCUT2D eigenvalue weighted by molar-refractivity contribution is 5.89. The van der Waals surface area contributed by atoms with E-state index in [4.69, 9.17) is 17.3 Å². The summed E-state index contributed by atoms with van der Waals surface area (Å²) in [5.41, 5.74) is 4.70. The van der Waals surface area contributed by atoms with Crippen molar-refractivity contribution in [1.29, 1.82) is 0 Å². The van der Waals surface area contributed by atoms with Gasteiger partial charge in [0.25, 0.3) is 0 Å². The zero-order chi connectivity index (χ0) is 12.8. The average Bonchev–Trinajstić information content (AvgIpc) is 2.16. The van der Waals surface area contributed by atoms with Crippen molar-refractivity contribution in [2.45, 2.75) is 44.7 Å². The minimum absolute atomic E-state index is 0.0523. The molecule has 0 saturated heterocycles.